The van der Waals surface area contributed by atoms with Crippen LogP contribution in [-0.4, -0.2) is 40.9 Å². The Labute approximate surface area is 89.5 Å². The number of aromatic nitrogens is 2. The number of methoxy groups -OCH3 is 1. The molecule has 1 aromatic rings. The highest BCUT2D eigenvalue weighted by Gasteiger charge is 2.19. The Bertz CT molecular complexity index is 277. The molecule has 1 heterocycles. The number of anilines is 1. The van der Waals surface area contributed by atoms with Gasteiger partial charge in [-0.05, 0) is 13.0 Å². The van der Waals surface area contributed by atoms with E-state index in [4.69, 9.17) is 4.74 Å². The van der Waals surface area contributed by atoms with E-state index in [1.54, 1.807) is 26.3 Å². The van der Waals surface area contributed by atoms with Crippen molar-refractivity contribution in [1.29, 1.82) is 0 Å². The van der Waals surface area contributed by atoms with Crippen LogP contribution in [0.3, 0.4) is 0 Å². The lowest BCUT2D eigenvalue weighted by atomic mass is 10.0. The molecule has 1 aromatic heterocycles. The highest BCUT2D eigenvalue weighted by Crippen LogP contribution is 2.10. The summed E-state index contributed by atoms with van der Waals surface area (Å²) in [6.45, 7) is 2.74. The van der Waals surface area contributed by atoms with Gasteiger partial charge in [-0.25, -0.2) is 9.97 Å². The zero-order valence-electron chi connectivity index (χ0n) is 9.10. The molecule has 1 unspecified atom stereocenters. The Hall–Kier alpha value is -1.20. The number of hydrogen-bond donors (Lipinski definition) is 2. The summed E-state index contributed by atoms with van der Waals surface area (Å²) < 4.78 is 4.92. The van der Waals surface area contributed by atoms with Crippen LogP contribution in [0.1, 0.15) is 13.3 Å². The van der Waals surface area contributed by atoms with Gasteiger partial charge in [0.05, 0.1) is 5.60 Å². The molecule has 0 aliphatic rings. The fourth-order valence-electron chi connectivity index (χ4n) is 1.09. The average Bonchev–Trinajstić information content (AvgIpc) is 2.25. The third-order valence-corrected chi connectivity index (χ3v) is 2.08. The molecule has 84 valence electrons. The molecule has 1 atom stereocenters. The second kappa shape index (κ2) is 5.63. The average molecular weight is 211 g/mol. The van der Waals surface area contributed by atoms with E-state index in [0.29, 0.717) is 25.4 Å². The lowest BCUT2D eigenvalue weighted by Crippen LogP contribution is -2.34. The first-order chi connectivity index (χ1) is 7.14. The van der Waals surface area contributed by atoms with Crippen molar-refractivity contribution in [2.45, 2.75) is 18.9 Å². The Kier molecular flexibility index (Phi) is 4.45. The van der Waals surface area contributed by atoms with Gasteiger partial charge in [0, 0.05) is 32.9 Å². The summed E-state index contributed by atoms with van der Waals surface area (Å²) >= 11 is 0. The molecule has 15 heavy (non-hydrogen) atoms. The number of aliphatic hydroxyl groups is 1. The van der Waals surface area contributed by atoms with Crippen LogP contribution < -0.4 is 5.32 Å². The minimum absolute atomic E-state index is 0.438. The van der Waals surface area contributed by atoms with Gasteiger partial charge in [-0.2, -0.15) is 0 Å². The van der Waals surface area contributed by atoms with E-state index < -0.39 is 5.60 Å². The van der Waals surface area contributed by atoms with Crippen molar-refractivity contribution in [3.05, 3.63) is 18.6 Å². The third-order valence-electron chi connectivity index (χ3n) is 2.08. The molecule has 0 aliphatic carbocycles. The first-order valence-electron chi connectivity index (χ1n) is 4.85. The molecular weight excluding hydrogens is 194 g/mol. The third kappa shape index (κ3) is 4.71. The topological polar surface area (TPSA) is 67.3 Å². The molecule has 0 spiro atoms. The van der Waals surface area contributed by atoms with Gasteiger partial charge >= 0.3 is 0 Å². The van der Waals surface area contributed by atoms with Gasteiger partial charge in [-0.1, -0.05) is 0 Å². The van der Waals surface area contributed by atoms with Crippen molar-refractivity contribution >= 4 is 5.82 Å². The van der Waals surface area contributed by atoms with E-state index in [1.807, 2.05) is 0 Å². The minimum Gasteiger partial charge on any atom is -0.388 e. The van der Waals surface area contributed by atoms with Crippen LogP contribution in [-0.2, 0) is 4.74 Å². The lowest BCUT2D eigenvalue weighted by molar-refractivity contribution is 0.0357. The maximum absolute atomic E-state index is 9.92. The van der Waals surface area contributed by atoms with E-state index >= 15 is 0 Å². The van der Waals surface area contributed by atoms with Gasteiger partial charge in [0.2, 0.25) is 0 Å². The summed E-state index contributed by atoms with van der Waals surface area (Å²) in [6.07, 6.45) is 3.70. The molecule has 1 rings (SSSR count). The summed E-state index contributed by atoms with van der Waals surface area (Å²) in [7, 11) is 1.62. The molecule has 0 aliphatic heterocycles. The minimum atomic E-state index is -0.791. The SMILES string of the molecule is COCCC(C)(O)CNc1ccncn1. The van der Waals surface area contributed by atoms with E-state index in [-0.39, 0.29) is 0 Å². The second-order valence-corrected chi connectivity index (χ2v) is 3.69. The molecule has 0 saturated heterocycles. The maximum Gasteiger partial charge on any atom is 0.129 e. The van der Waals surface area contributed by atoms with Crippen LogP contribution in [0.2, 0.25) is 0 Å². The summed E-state index contributed by atoms with van der Waals surface area (Å²) in [5.41, 5.74) is -0.791. The van der Waals surface area contributed by atoms with Crippen molar-refractivity contribution in [1.82, 2.24) is 9.97 Å². The summed E-state index contributed by atoms with van der Waals surface area (Å²) in [6, 6.07) is 1.76. The van der Waals surface area contributed by atoms with Crippen molar-refractivity contribution < 1.29 is 9.84 Å². The van der Waals surface area contributed by atoms with E-state index in [1.165, 1.54) is 6.33 Å². The fraction of sp³-hybridized carbons (Fsp3) is 0.600. The smallest absolute Gasteiger partial charge is 0.129 e. The quantitative estimate of drug-likeness (QED) is 0.724. The van der Waals surface area contributed by atoms with Gasteiger partial charge in [-0.15, -0.1) is 0 Å². The number of nitrogens with one attached hydrogen (secondary N) is 1. The zero-order valence-corrected chi connectivity index (χ0v) is 9.10. The summed E-state index contributed by atoms with van der Waals surface area (Å²) in [5.74, 6) is 0.711. The Morgan fingerprint density at radius 2 is 2.40 bits per heavy atom. The zero-order chi connectivity index (χ0) is 11.1. The maximum atomic E-state index is 9.92. The molecule has 5 nitrogen and oxygen atoms in total. The molecule has 0 amide bonds. The van der Waals surface area contributed by atoms with Gasteiger partial charge in [0.1, 0.15) is 12.1 Å². The van der Waals surface area contributed by atoms with Crippen molar-refractivity contribution in [2.24, 2.45) is 0 Å². The lowest BCUT2D eigenvalue weighted by Gasteiger charge is -2.23. The highest BCUT2D eigenvalue weighted by molar-refractivity contribution is 5.31. The summed E-state index contributed by atoms with van der Waals surface area (Å²) in [4.78, 5) is 7.80. The molecule has 0 fully saturated rings. The van der Waals surface area contributed by atoms with Crippen LogP contribution in [0.25, 0.3) is 0 Å². The first kappa shape index (κ1) is 11.9. The van der Waals surface area contributed by atoms with Crippen LogP contribution >= 0.6 is 0 Å². The highest BCUT2D eigenvalue weighted by atomic mass is 16.5. The van der Waals surface area contributed by atoms with Crippen LogP contribution in [0, 0.1) is 0 Å². The Balaban J connectivity index is 2.35. The standard InChI is InChI=1S/C10H17N3O2/c1-10(14,4-6-15-2)7-12-9-3-5-11-8-13-9/h3,5,8,14H,4,6-7H2,1-2H3,(H,11,12,13). The molecule has 2 N–H and O–H groups in total. The van der Waals surface area contributed by atoms with Crippen molar-refractivity contribution in [2.75, 3.05) is 25.6 Å². The largest absolute Gasteiger partial charge is 0.388 e. The number of nitrogens with zero attached hydrogens (tertiary/aromatic N) is 2. The monoisotopic (exact) mass is 211 g/mol. The second-order valence-electron chi connectivity index (χ2n) is 3.69. The fourth-order valence-corrected chi connectivity index (χ4v) is 1.09. The van der Waals surface area contributed by atoms with Crippen LogP contribution in [0.5, 0.6) is 0 Å². The van der Waals surface area contributed by atoms with Crippen LogP contribution in [0.4, 0.5) is 5.82 Å². The normalized spacial score (nSPS) is 14.6. The van der Waals surface area contributed by atoms with Crippen molar-refractivity contribution in [3.63, 3.8) is 0 Å². The first-order valence-corrected chi connectivity index (χ1v) is 4.85. The molecule has 0 aromatic carbocycles. The number of rotatable bonds is 6. The van der Waals surface area contributed by atoms with Gasteiger partial charge in [0.15, 0.2) is 0 Å². The van der Waals surface area contributed by atoms with Crippen molar-refractivity contribution in [3.8, 4) is 0 Å². The predicted octanol–water partition coefficient (Wildman–Crippen LogP) is 0.676. The molecule has 5 heteroatoms. The number of hydrogen-bond acceptors (Lipinski definition) is 5. The van der Waals surface area contributed by atoms with Gasteiger partial charge < -0.3 is 15.2 Å². The molecular formula is C10H17N3O2. The van der Waals surface area contributed by atoms with Gasteiger partial charge in [0.25, 0.3) is 0 Å². The van der Waals surface area contributed by atoms with E-state index in [0.717, 1.165) is 0 Å². The number of ether oxygens (including phenoxy) is 1. The van der Waals surface area contributed by atoms with E-state index in [2.05, 4.69) is 15.3 Å². The van der Waals surface area contributed by atoms with E-state index in [9.17, 15) is 5.11 Å². The predicted molar refractivity (Wildman–Crippen MR) is 57.6 cm³/mol. The summed E-state index contributed by atoms with van der Waals surface area (Å²) in [5, 5.41) is 13.0. The molecule has 0 bridgehead atoms. The molecule has 0 radical (unpaired) electrons. The molecule has 0 saturated carbocycles. The Morgan fingerprint density at radius 1 is 1.60 bits per heavy atom. The van der Waals surface area contributed by atoms with Crippen LogP contribution in [0.15, 0.2) is 18.6 Å². The Morgan fingerprint density at radius 3 is 3.00 bits per heavy atom. The van der Waals surface area contributed by atoms with Gasteiger partial charge in [-0.3, -0.25) is 0 Å².